The highest BCUT2D eigenvalue weighted by molar-refractivity contribution is 5.84. The molecule has 0 heterocycles. The van der Waals surface area contributed by atoms with Gasteiger partial charge in [-0.15, -0.1) is 0 Å². The predicted molar refractivity (Wildman–Crippen MR) is 60.6 cm³/mol. The summed E-state index contributed by atoms with van der Waals surface area (Å²) in [5.74, 6) is -3.44. The third-order valence-corrected chi connectivity index (χ3v) is 2.68. The Morgan fingerprint density at radius 3 is 2.33 bits per heavy atom. The maximum atomic E-state index is 13.3. The summed E-state index contributed by atoms with van der Waals surface area (Å²) in [5.41, 5.74) is -0.491. The third-order valence-electron chi connectivity index (χ3n) is 2.68. The fraction of sp³-hybridized carbons (Fsp3) is 0.417. The van der Waals surface area contributed by atoms with Crippen molar-refractivity contribution in [1.82, 2.24) is 5.32 Å². The Morgan fingerprint density at radius 2 is 1.83 bits per heavy atom. The van der Waals surface area contributed by atoms with Crippen LogP contribution in [0.2, 0.25) is 0 Å². The molecule has 0 bridgehead atoms. The van der Waals surface area contributed by atoms with Gasteiger partial charge in [0.15, 0.2) is 11.6 Å². The lowest BCUT2D eigenvalue weighted by Crippen LogP contribution is -2.39. The van der Waals surface area contributed by atoms with Gasteiger partial charge in [0.2, 0.25) is 5.91 Å². The molecule has 18 heavy (non-hydrogen) atoms. The van der Waals surface area contributed by atoms with E-state index < -0.39 is 29.2 Å². The molecular weight excluding hydrogens is 245 g/mol. The van der Waals surface area contributed by atoms with Crippen molar-refractivity contribution in [2.24, 2.45) is 0 Å². The summed E-state index contributed by atoms with van der Waals surface area (Å²) in [4.78, 5) is 11.6. The van der Waals surface area contributed by atoms with Crippen LogP contribution in [0.25, 0.3) is 0 Å². The van der Waals surface area contributed by atoms with E-state index in [2.05, 4.69) is 10.6 Å². The summed E-state index contributed by atoms with van der Waals surface area (Å²) >= 11 is 0. The molecule has 98 valence electrons. The molecule has 1 aromatic rings. The summed E-state index contributed by atoms with van der Waals surface area (Å²) in [5, 5.41) is 5.11. The number of rotatable bonds is 4. The quantitative estimate of drug-likeness (QED) is 0.869. The van der Waals surface area contributed by atoms with Crippen molar-refractivity contribution in [1.29, 1.82) is 0 Å². The SMILES string of the molecule is CC(Nc1c(F)cc(F)cc1F)C(=O)NC1CC1. The van der Waals surface area contributed by atoms with E-state index in [1.165, 1.54) is 6.92 Å². The molecule has 1 amide bonds. The molecule has 1 aliphatic carbocycles. The lowest BCUT2D eigenvalue weighted by Gasteiger charge is -2.16. The third kappa shape index (κ3) is 2.94. The lowest BCUT2D eigenvalue weighted by molar-refractivity contribution is -0.121. The maximum Gasteiger partial charge on any atom is 0.242 e. The number of nitrogens with one attached hydrogen (secondary N) is 2. The summed E-state index contributed by atoms with van der Waals surface area (Å²) in [7, 11) is 0. The van der Waals surface area contributed by atoms with Crippen molar-refractivity contribution in [3.8, 4) is 0 Å². The van der Waals surface area contributed by atoms with Crippen LogP contribution < -0.4 is 10.6 Å². The van der Waals surface area contributed by atoms with Gasteiger partial charge in [-0.2, -0.15) is 0 Å². The van der Waals surface area contributed by atoms with Gasteiger partial charge in [0.25, 0.3) is 0 Å². The number of benzene rings is 1. The zero-order valence-corrected chi connectivity index (χ0v) is 9.77. The highest BCUT2D eigenvalue weighted by atomic mass is 19.1. The van der Waals surface area contributed by atoms with Crippen molar-refractivity contribution >= 4 is 11.6 Å². The summed E-state index contributed by atoms with van der Waals surface area (Å²) < 4.78 is 39.4. The fourth-order valence-electron chi connectivity index (χ4n) is 1.52. The number of amides is 1. The number of carbonyl (C=O) groups is 1. The van der Waals surface area contributed by atoms with Gasteiger partial charge in [-0.3, -0.25) is 4.79 Å². The number of anilines is 1. The molecule has 0 saturated heterocycles. The van der Waals surface area contributed by atoms with E-state index in [9.17, 15) is 18.0 Å². The normalized spacial score (nSPS) is 16.2. The first-order valence-corrected chi connectivity index (χ1v) is 5.69. The second-order valence-corrected chi connectivity index (χ2v) is 4.39. The van der Waals surface area contributed by atoms with Crippen LogP contribution in [-0.4, -0.2) is 18.0 Å². The van der Waals surface area contributed by atoms with E-state index in [1.54, 1.807) is 0 Å². The highest BCUT2D eigenvalue weighted by Crippen LogP contribution is 2.22. The molecule has 1 unspecified atom stereocenters. The summed E-state index contributed by atoms with van der Waals surface area (Å²) in [6.07, 6.45) is 1.86. The van der Waals surface area contributed by atoms with E-state index in [0.29, 0.717) is 12.1 Å². The van der Waals surface area contributed by atoms with Crippen LogP contribution >= 0.6 is 0 Å². The molecule has 0 aliphatic heterocycles. The van der Waals surface area contributed by atoms with Gasteiger partial charge in [0.1, 0.15) is 17.5 Å². The average molecular weight is 258 g/mol. The highest BCUT2D eigenvalue weighted by Gasteiger charge is 2.26. The number of hydrogen-bond donors (Lipinski definition) is 2. The first-order chi connectivity index (χ1) is 8.47. The second-order valence-electron chi connectivity index (χ2n) is 4.39. The lowest BCUT2D eigenvalue weighted by atomic mass is 10.2. The predicted octanol–water partition coefficient (Wildman–Crippen LogP) is 2.18. The molecule has 1 fully saturated rings. The molecule has 0 radical (unpaired) electrons. The van der Waals surface area contributed by atoms with Crippen LogP contribution in [0.15, 0.2) is 12.1 Å². The van der Waals surface area contributed by atoms with Crippen LogP contribution in [-0.2, 0) is 4.79 Å². The van der Waals surface area contributed by atoms with Crippen molar-refractivity contribution in [3.05, 3.63) is 29.6 Å². The Balaban J connectivity index is 2.05. The fourth-order valence-corrected chi connectivity index (χ4v) is 1.52. The zero-order valence-electron chi connectivity index (χ0n) is 9.77. The van der Waals surface area contributed by atoms with Crippen LogP contribution in [0.4, 0.5) is 18.9 Å². The summed E-state index contributed by atoms with van der Waals surface area (Å²) in [6.45, 7) is 1.49. The Bertz CT molecular complexity index is 451. The van der Waals surface area contributed by atoms with Gasteiger partial charge < -0.3 is 10.6 Å². The first-order valence-electron chi connectivity index (χ1n) is 5.69. The second kappa shape index (κ2) is 4.88. The average Bonchev–Trinajstić information content (AvgIpc) is 3.06. The minimum Gasteiger partial charge on any atom is -0.369 e. The largest absolute Gasteiger partial charge is 0.369 e. The van der Waals surface area contributed by atoms with Crippen molar-refractivity contribution in [2.75, 3.05) is 5.32 Å². The maximum absolute atomic E-state index is 13.3. The molecule has 3 nitrogen and oxygen atoms in total. The van der Waals surface area contributed by atoms with E-state index in [1.807, 2.05) is 0 Å². The van der Waals surface area contributed by atoms with Gasteiger partial charge in [-0.25, -0.2) is 13.2 Å². The summed E-state index contributed by atoms with van der Waals surface area (Å²) in [6, 6.07) is 0.512. The van der Waals surface area contributed by atoms with E-state index in [4.69, 9.17) is 0 Å². The number of carbonyl (C=O) groups excluding carboxylic acids is 1. The van der Waals surface area contributed by atoms with E-state index in [0.717, 1.165) is 12.8 Å². The minimum atomic E-state index is -1.06. The number of hydrogen-bond acceptors (Lipinski definition) is 2. The molecule has 6 heteroatoms. The Hall–Kier alpha value is -1.72. The van der Waals surface area contributed by atoms with Crippen LogP contribution in [0.5, 0.6) is 0 Å². The Kier molecular flexibility index (Phi) is 3.45. The van der Waals surface area contributed by atoms with E-state index in [-0.39, 0.29) is 11.9 Å². The molecule has 0 spiro atoms. The topological polar surface area (TPSA) is 41.1 Å². The molecule has 2 rings (SSSR count). The van der Waals surface area contributed by atoms with E-state index >= 15 is 0 Å². The van der Waals surface area contributed by atoms with Crippen molar-refractivity contribution in [3.63, 3.8) is 0 Å². The van der Waals surface area contributed by atoms with Crippen LogP contribution in [0.3, 0.4) is 0 Å². The molecule has 0 aromatic heterocycles. The molecule has 1 atom stereocenters. The Labute approximate surface area is 102 Å². The first kappa shape index (κ1) is 12.7. The molecule has 1 aromatic carbocycles. The van der Waals surface area contributed by atoms with Gasteiger partial charge in [-0.1, -0.05) is 0 Å². The van der Waals surface area contributed by atoms with Crippen LogP contribution in [0, 0.1) is 17.5 Å². The van der Waals surface area contributed by atoms with Gasteiger partial charge in [0.05, 0.1) is 0 Å². The monoisotopic (exact) mass is 258 g/mol. The van der Waals surface area contributed by atoms with Crippen molar-refractivity contribution in [2.45, 2.75) is 31.8 Å². The van der Waals surface area contributed by atoms with Gasteiger partial charge >= 0.3 is 0 Å². The van der Waals surface area contributed by atoms with Gasteiger partial charge in [0, 0.05) is 18.2 Å². The molecular formula is C12H13F3N2O. The zero-order chi connectivity index (χ0) is 13.3. The minimum absolute atomic E-state index is 0.171. The van der Waals surface area contributed by atoms with Crippen LogP contribution in [0.1, 0.15) is 19.8 Å². The Morgan fingerprint density at radius 1 is 1.28 bits per heavy atom. The molecule has 1 saturated carbocycles. The number of halogens is 3. The smallest absolute Gasteiger partial charge is 0.242 e. The van der Waals surface area contributed by atoms with Crippen molar-refractivity contribution < 1.29 is 18.0 Å². The standard InChI is InChI=1S/C12H13F3N2O/c1-6(12(18)17-8-2-3-8)16-11-9(14)4-7(13)5-10(11)15/h4-6,8,16H,2-3H2,1H3,(H,17,18). The van der Waals surface area contributed by atoms with Gasteiger partial charge in [-0.05, 0) is 19.8 Å². The molecule has 2 N–H and O–H groups in total. The molecule has 1 aliphatic rings.